The molecule has 0 saturated heterocycles. The van der Waals surface area contributed by atoms with Crippen LogP contribution in [0.25, 0.3) is 16.9 Å². The molecule has 3 atom stereocenters. The molecule has 34 heavy (non-hydrogen) atoms. The van der Waals surface area contributed by atoms with Crippen LogP contribution in [0.15, 0.2) is 41.3 Å². The molecular formula is C27H28Cl3N3S. The summed E-state index contributed by atoms with van der Waals surface area (Å²) in [5.41, 5.74) is 6.05. The van der Waals surface area contributed by atoms with Gasteiger partial charge in [0.2, 0.25) is 0 Å². The van der Waals surface area contributed by atoms with Gasteiger partial charge in [-0.25, -0.2) is 4.68 Å². The number of hydrogen-bond donors (Lipinski definition) is 1. The maximum atomic E-state index is 6.66. The second-order valence-corrected chi connectivity index (χ2v) is 13.2. The van der Waals surface area contributed by atoms with Crippen molar-refractivity contribution in [3.05, 3.63) is 62.7 Å². The number of hydrogen-bond acceptors (Lipinski definition) is 3. The SMILES string of the molecule is CC12CCC(C1)C(C)(C)C2NCc1nn(-c2ccc(Cl)cc2Cl)c2c1SCc1cc(Cl)ccc1-2. The molecule has 2 heterocycles. The van der Waals surface area contributed by atoms with Crippen LogP contribution in [-0.2, 0) is 12.3 Å². The number of nitrogens with one attached hydrogen (secondary N) is 1. The quantitative estimate of drug-likeness (QED) is 0.366. The van der Waals surface area contributed by atoms with Gasteiger partial charge in [-0.3, -0.25) is 0 Å². The highest BCUT2D eigenvalue weighted by atomic mass is 35.5. The zero-order valence-corrected chi connectivity index (χ0v) is 22.7. The lowest BCUT2D eigenvalue weighted by molar-refractivity contribution is 0.107. The van der Waals surface area contributed by atoms with Crippen molar-refractivity contribution in [3.63, 3.8) is 0 Å². The van der Waals surface area contributed by atoms with Gasteiger partial charge in [-0.1, -0.05) is 61.6 Å². The second-order valence-electron chi connectivity index (χ2n) is 11.0. The van der Waals surface area contributed by atoms with Crippen LogP contribution in [0.3, 0.4) is 0 Å². The molecule has 2 aliphatic carbocycles. The van der Waals surface area contributed by atoms with Crippen LogP contribution in [0.1, 0.15) is 51.3 Å². The van der Waals surface area contributed by atoms with Gasteiger partial charge in [-0.15, -0.1) is 11.8 Å². The van der Waals surface area contributed by atoms with Gasteiger partial charge >= 0.3 is 0 Å². The Balaban J connectivity index is 1.43. The Kier molecular flexibility index (Phi) is 5.59. The van der Waals surface area contributed by atoms with E-state index in [0.717, 1.165) is 45.9 Å². The molecule has 1 N–H and O–H groups in total. The van der Waals surface area contributed by atoms with E-state index in [0.29, 0.717) is 26.9 Å². The molecule has 2 bridgehead atoms. The number of benzene rings is 2. The fraction of sp³-hybridized carbons (Fsp3) is 0.444. The van der Waals surface area contributed by atoms with Crippen molar-refractivity contribution in [2.75, 3.05) is 0 Å². The minimum absolute atomic E-state index is 0.297. The Morgan fingerprint density at radius 2 is 1.85 bits per heavy atom. The molecule has 1 aromatic heterocycles. The number of thioether (sulfide) groups is 1. The summed E-state index contributed by atoms with van der Waals surface area (Å²) in [6, 6.07) is 12.2. The predicted molar refractivity (Wildman–Crippen MR) is 143 cm³/mol. The molecule has 3 nitrogen and oxygen atoms in total. The van der Waals surface area contributed by atoms with E-state index in [1.54, 1.807) is 6.07 Å². The third-order valence-electron chi connectivity index (χ3n) is 8.49. The predicted octanol–water partition coefficient (Wildman–Crippen LogP) is 8.41. The number of fused-ring (bicyclic) bond motifs is 5. The van der Waals surface area contributed by atoms with E-state index in [2.05, 4.69) is 38.2 Å². The van der Waals surface area contributed by atoms with Gasteiger partial charge in [-0.2, -0.15) is 5.10 Å². The monoisotopic (exact) mass is 531 g/mol. The summed E-state index contributed by atoms with van der Waals surface area (Å²) in [4.78, 5) is 1.22. The Bertz CT molecular complexity index is 1300. The summed E-state index contributed by atoms with van der Waals surface area (Å²) in [5, 5.41) is 11.1. The lowest BCUT2D eigenvalue weighted by atomic mass is 9.68. The fourth-order valence-corrected chi connectivity index (χ4v) is 8.69. The Morgan fingerprint density at radius 1 is 1.09 bits per heavy atom. The van der Waals surface area contributed by atoms with Crippen LogP contribution >= 0.6 is 46.6 Å². The summed E-state index contributed by atoms with van der Waals surface area (Å²) >= 11 is 21.0. The van der Waals surface area contributed by atoms with Crippen LogP contribution < -0.4 is 5.32 Å². The smallest absolute Gasteiger partial charge is 0.0909 e. The summed E-state index contributed by atoms with van der Waals surface area (Å²) in [7, 11) is 0. The molecule has 0 spiro atoms. The Morgan fingerprint density at radius 3 is 2.59 bits per heavy atom. The lowest BCUT2D eigenvalue weighted by Gasteiger charge is -2.43. The highest BCUT2D eigenvalue weighted by molar-refractivity contribution is 7.98. The Labute approximate surface area is 220 Å². The first-order valence-electron chi connectivity index (χ1n) is 11.9. The van der Waals surface area contributed by atoms with Crippen LogP contribution in [0.5, 0.6) is 0 Å². The highest BCUT2D eigenvalue weighted by Gasteiger charge is 2.59. The standard InChI is InChI=1S/C27H28Cl3N3S/c1-26(2)16-8-9-27(3,12-16)25(26)31-13-21-24-23(19-6-4-17(28)10-15(19)14-34-24)33(32-21)22-7-5-18(29)11-20(22)30/h4-7,10-11,16,25,31H,8-9,12-14H2,1-3H3. The average molecular weight is 533 g/mol. The molecule has 3 unspecified atom stereocenters. The minimum atomic E-state index is 0.297. The van der Waals surface area contributed by atoms with Crippen LogP contribution in [0.4, 0.5) is 0 Å². The van der Waals surface area contributed by atoms with E-state index >= 15 is 0 Å². The summed E-state index contributed by atoms with van der Waals surface area (Å²) in [6.07, 6.45) is 4.00. The van der Waals surface area contributed by atoms with Gasteiger partial charge in [0, 0.05) is 33.9 Å². The van der Waals surface area contributed by atoms with E-state index in [9.17, 15) is 0 Å². The second kappa shape index (κ2) is 8.18. The molecule has 0 radical (unpaired) electrons. The van der Waals surface area contributed by atoms with Crippen LogP contribution in [-0.4, -0.2) is 15.8 Å². The molecule has 0 amide bonds. The van der Waals surface area contributed by atoms with Gasteiger partial charge in [0.1, 0.15) is 0 Å². The fourth-order valence-electron chi connectivity index (χ4n) is 6.85. The van der Waals surface area contributed by atoms with Gasteiger partial charge in [0.05, 0.1) is 27.0 Å². The molecule has 6 rings (SSSR count). The van der Waals surface area contributed by atoms with E-state index in [4.69, 9.17) is 39.9 Å². The lowest BCUT2D eigenvalue weighted by Crippen LogP contribution is -2.50. The van der Waals surface area contributed by atoms with E-state index in [1.807, 2.05) is 34.6 Å². The molecule has 3 aromatic rings. The van der Waals surface area contributed by atoms with Crippen molar-refractivity contribution in [2.45, 2.75) is 63.3 Å². The van der Waals surface area contributed by atoms with E-state index < -0.39 is 0 Å². The van der Waals surface area contributed by atoms with Gasteiger partial charge < -0.3 is 5.32 Å². The summed E-state index contributed by atoms with van der Waals surface area (Å²) < 4.78 is 2.00. The third kappa shape index (κ3) is 3.56. The number of rotatable bonds is 4. The van der Waals surface area contributed by atoms with Gasteiger partial charge in [-0.05, 0) is 71.9 Å². The van der Waals surface area contributed by atoms with Gasteiger partial charge in [0.25, 0.3) is 0 Å². The topological polar surface area (TPSA) is 29.9 Å². The summed E-state index contributed by atoms with van der Waals surface area (Å²) in [5.74, 6) is 1.69. The largest absolute Gasteiger partial charge is 0.307 e. The van der Waals surface area contributed by atoms with E-state index in [-0.39, 0.29) is 0 Å². The molecule has 7 heteroatoms. The van der Waals surface area contributed by atoms with Crippen molar-refractivity contribution in [3.8, 4) is 16.9 Å². The van der Waals surface area contributed by atoms with Crippen LogP contribution in [0.2, 0.25) is 15.1 Å². The van der Waals surface area contributed by atoms with Crippen molar-refractivity contribution in [2.24, 2.45) is 16.7 Å². The molecule has 3 aliphatic rings. The molecule has 2 aromatic carbocycles. The van der Waals surface area contributed by atoms with Crippen molar-refractivity contribution < 1.29 is 0 Å². The maximum absolute atomic E-state index is 6.66. The molecule has 178 valence electrons. The van der Waals surface area contributed by atoms with Crippen LogP contribution in [0, 0.1) is 16.7 Å². The number of halogens is 3. The van der Waals surface area contributed by atoms with Crippen molar-refractivity contribution in [1.82, 2.24) is 15.1 Å². The first-order valence-corrected chi connectivity index (χ1v) is 14.0. The maximum Gasteiger partial charge on any atom is 0.0909 e. The average Bonchev–Trinajstić information content (AvgIpc) is 3.40. The summed E-state index contributed by atoms with van der Waals surface area (Å²) in [6.45, 7) is 8.09. The van der Waals surface area contributed by atoms with Crippen molar-refractivity contribution in [1.29, 1.82) is 0 Å². The minimum Gasteiger partial charge on any atom is -0.307 e. The van der Waals surface area contributed by atoms with Crippen molar-refractivity contribution >= 4 is 46.6 Å². The van der Waals surface area contributed by atoms with E-state index in [1.165, 1.54) is 29.7 Å². The zero-order chi connectivity index (χ0) is 23.8. The Hall–Kier alpha value is -1.17. The van der Waals surface area contributed by atoms with Gasteiger partial charge in [0.15, 0.2) is 0 Å². The molecule has 1 aliphatic heterocycles. The zero-order valence-electron chi connectivity index (χ0n) is 19.6. The first-order chi connectivity index (χ1) is 16.2. The first kappa shape index (κ1) is 23.2. The number of nitrogens with zero attached hydrogens (tertiary/aromatic N) is 2. The number of aromatic nitrogens is 2. The molecular weight excluding hydrogens is 505 g/mol. The molecule has 2 saturated carbocycles. The third-order valence-corrected chi connectivity index (χ3v) is 10.4. The normalized spacial score (nSPS) is 26.5. The highest BCUT2D eigenvalue weighted by Crippen LogP contribution is 2.62. The molecule has 2 fully saturated rings.